The van der Waals surface area contributed by atoms with Gasteiger partial charge in [-0.3, -0.25) is 9.78 Å². The lowest BCUT2D eigenvalue weighted by atomic mass is 9.74. The van der Waals surface area contributed by atoms with Crippen LogP contribution in [0, 0.1) is 17.8 Å². The van der Waals surface area contributed by atoms with E-state index >= 15 is 0 Å². The molecule has 1 aliphatic carbocycles. The fourth-order valence-electron chi connectivity index (χ4n) is 2.75. The Morgan fingerprint density at radius 3 is 2.71 bits per heavy atom. The van der Waals surface area contributed by atoms with E-state index in [9.17, 15) is 4.79 Å². The second-order valence-electron chi connectivity index (χ2n) is 5.50. The molecule has 0 bridgehead atoms. The van der Waals surface area contributed by atoms with E-state index in [1.807, 2.05) is 24.5 Å². The van der Waals surface area contributed by atoms with E-state index in [0.717, 1.165) is 31.6 Å². The van der Waals surface area contributed by atoms with Crippen molar-refractivity contribution in [2.45, 2.75) is 39.5 Å². The number of hydrogen-bond acceptors (Lipinski definition) is 2. The summed E-state index contributed by atoms with van der Waals surface area (Å²) < 4.78 is 0. The Labute approximate surface area is 103 Å². The molecule has 0 amide bonds. The van der Waals surface area contributed by atoms with Crippen molar-refractivity contribution in [1.29, 1.82) is 0 Å². The quantitative estimate of drug-likeness (QED) is 0.799. The van der Waals surface area contributed by atoms with Gasteiger partial charge >= 0.3 is 0 Å². The van der Waals surface area contributed by atoms with Crippen molar-refractivity contribution in [3.05, 3.63) is 30.1 Å². The van der Waals surface area contributed by atoms with Crippen LogP contribution in [0.2, 0.25) is 0 Å². The third kappa shape index (κ3) is 3.15. The average Bonchev–Trinajstić information content (AvgIpc) is 2.33. The zero-order valence-electron chi connectivity index (χ0n) is 10.7. The highest BCUT2D eigenvalue weighted by atomic mass is 16.1. The van der Waals surface area contributed by atoms with Gasteiger partial charge in [-0.25, -0.2) is 0 Å². The van der Waals surface area contributed by atoms with Crippen LogP contribution in [0.15, 0.2) is 24.5 Å². The van der Waals surface area contributed by atoms with Gasteiger partial charge in [-0.05, 0) is 48.8 Å². The zero-order chi connectivity index (χ0) is 12.3. The van der Waals surface area contributed by atoms with Crippen molar-refractivity contribution in [3.63, 3.8) is 0 Å². The minimum atomic E-state index is 0.235. The highest BCUT2D eigenvalue weighted by molar-refractivity contribution is 5.82. The molecule has 0 spiro atoms. The van der Waals surface area contributed by atoms with Crippen LogP contribution < -0.4 is 0 Å². The van der Waals surface area contributed by atoms with Crippen LogP contribution in [-0.4, -0.2) is 10.8 Å². The molecule has 2 unspecified atom stereocenters. The first kappa shape index (κ1) is 12.3. The number of nitrogens with zero attached hydrogens (tertiary/aromatic N) is 1. The molecule has 1 fully saturated rings. The molecule has 2 nitrogen and oxygen atoms in total. The van der Waals surface area contributed by atoms with Crippen molar-refractivity contribution in [2.75, 3.05) is 0 Å². The summed E-state index contributed by atoms with van der Waals surface area (Å²) in [7, 11) is 0. The lowest BCUT2D eigenvalue weighted by Crippen LogP contribution is -2.28. The van der Waals surface area contributed by atoms with Gasteiger partial charge in [0.05, 0.1) is 0 Å². The first-order chi connectivity index (χ1) is 8.16. The Morgan fingerprint density at radius 2 is 2.06 bits per heavy atom. The number of carbonyl (C=O) groups is 1. The molecule has 2 atom stereocenters. The van der Waals surface area contributed by atoms with Crippen molar-refractivity contribution < 1.29 is 4.79 Å². The minimum Gasteiger partial charge on any atom is -0.299 e. The highest BCUT2D eigenvalue weighted by Crippen LogP contribution is 2.33. The molecule has 1 heterocycles. The average molecular weight is 231 g/mol. The van der Waals surface area contributed by atoms with Gasteiger partial charge < -0.3 is 0 Å². The molecule has 1 aliphatic rings. The molecule has 0 aliphatic heterocycles. The van der Waals surface area contributed by atoms with Gasteiger partial charge in [0.2, 0.25) is 0 Å². The number of ketones is 1. The molecule has 0 N–H and O–H groups in total. The van der Waals surface area contributed by atoms with Crippen LogP contribution in [0.1, 0.15) is 38.7 Å². The number of pyridine rings is 1. The second-order valence-corrected chi connectivity index (χ2v) is 5.50. The van der Waals surface area contributed by atoms with E-state index in [4.69, 9.17) is 0 Å². The summed E-state index contributed by atoms with van der Waals surface area (Å²) in [5.41, 5.74) is 1.24. The van der Waals surface area contributed by atoms with Gasteiger partial charge in [-0.15, -0.1) is 0 Å². The Bertz CT molecular complexity index is 372. The minimum absolute atomic E-state index is 0.235. The number of carbonyl (C=O) groups excluding carboxylic acids is 1. The van der Waals surface area contributed by atoms with Gasteiger partial charge in [0.15, 0.2) is 0 Å². The number of hydrogen-bond donors (Lipinski definition) is 0. The predicted octanol–water partition coefficient (Wildman–Crippen LogP) is 3.27. The van der Waals surface area contributed by atoms with E-state index < -0.39 is 0 Å². The molecule has 0 saturated heterocycles. The molecule has 1 aromatic rings. The molecule has 92 valence electrons. The highest BCUT2D eigenvalue weighted by Gasteiger charge is 2.29. The molecule has 1 saturated carbocycles. The summed E-state index contributed by atoms with van der Waals surface area (Å²) in [6, 6.07) is 4.04. The lowest BCUT2D eigenvalue weighted by Gasteiger charge is -2.30. The van der Waals surface area contributed by atoms with E-state index in [0.29, 0.717) is 11.7 Å². The van der Waals surface area contributed by atoms with Crippen LogP contribution >= 0.6 is 0 Å². The van der Waals surface area contributed by atoms with E-state index in [1.165, 1.54) is 5.56 Å². The maximum atomic E-state index is 12.0. The summed E-state index contributed by atoms with van der Waals surface area (Å²) >= 11 is 0. The van der Waals surface area contributed by atoms with Crippen molar-refractivity contribution in [2.24, 2.45) is 17.8 Å². The smallest absolute Gasteiger partial charge is 0.136 e. The largest absolute Gasteiger partial charge is 0.299 e. The number of aromatic nitrogens is 1. The van der Waals surface area contributed by atoms with Gasteiger partial charge in [0, 0.05) is 24.7 Å². The molecule has 2 heteroatoms. The maximum absolute atomic E-state index is 12.0. The molecule has 0 aromatic carbocycles. The summed E-state index contributed by atoms with van der Waals surface area (Å²) in [6.45, 7) is 4.54. The first-order valence-electron chi connectivity index (χ1n) is 6.58. The lowest BCUT2D eigenvalue weighted by molar-refractivity contribution is -0.125. The third-order valence-corrected chi connectivity index (χ3v) is 3.98. The van der Waals surface area contributed by atoms with Crippen molar-refractivity contribution in [3.8, 4) is 0 Å². The summed E-state index contributed by atoms with van der Waals surface area (Å²) in [6.07, 6.45) is 7.44. The van der Waals surface area contributed by atoms with Gasteiger partial charge in [0.25, 0.3) is 0 Å². The Balaban J connectivity index is 2.01. The molecular weight excluding hydrogens is 210 g/mol. The second kappa shape index (κ2) is 5.44. The van der Waals surface area contributed by atoms with Gasteiger partial charge in [-0.1, -0.05) is 13.8 Å². The van der Waals surface area contributed by atoms with Gasteiger partial charge in [0.1, 0.15) is 5.78 Å². The molecule has 0 radical (unpaired) electrons. The Hall–Kier alpha value is -1.18. The Kier molecular flexibility index (Phi) is 3.93. The van der Waals surface area contributed by atoms with Crippen LogP contribution in [0.3, 0.4) is 0 Å². The Morgan fingerprint density at radius 1 is 1.35 bits per heavy atom. The van der Waals surface area contributed by atoms with Gasteiger partial charge in [-0.2, -0.15) is 0 Å². The predicted molar refractivity (Wildman–Crippen MR) is 68.6 cm³/mol. The summed E-state index contributed by atoms with van der Waals surface area (Å²) in [5.74, 6) is 2.11. The standard InChI is InChI=1S/C15H21NO/c1-11(2)13-3-4-15(17)14(10-13)9-12-5-7-16-8-6-12/h5-8,11,13-14H,3-4,9-10H2,1-2H3. The maximum Gasteiger partial charge on any atom is 0.136 e. The van der Waals surface area contributed by atoms with E-state index in [2.05, 4.69) is 18.8 Å². The number of Topliss-reactive ketones (excluding diaryl/α,β-unsaturated/α-hetero) is 1. The van der Waals surface area contributed by atoms with Crippen LogP contribution in [0.5, 0.6) is 0 Å². The molecular formula is C15H21NO. The van der Waals surface area contributed by atoms with Crippen molar-refractivity contribution >= 4 is 5.78 Å². The van der Waals surface area contributed by atoms with E-state index in [-0.39, 0.29) is 5.92 Å². The first-order valence-corrected chi connectivity index (χ1v) is 6.58. The molecule has 17 heavy (non-hydrogen) atoms. The molecule has 1 aromatic heterocycles. The topological polar surface area (TPSA) is 30.0 Å². The SMILES string of the molecule is CC(C)C1CCC(=O)C(Cc2ccncc2)C1. The van der Waals surface area contributed by atoms with Crippen LogP contribution in [0.25, 0.3) is 0 Å². The summed E-state index contributed by atoms with van der Waals surface area (Å²) in [5, 5.41) is 0. The summed E-state index contributed by atoms with van der Waals surface area (Å²) in [4.78, 5) is 16.0. The number of rotatable bonds is 3. The third-order valence-electron chi connectivity index (χ3n) is 3.98. The van der Waals surface area contributed by atoms with Crippen LogP contribution in [0.4, 0.5) is 0 Å². The molecule has 2 rings (SSSR count). The van der Waals surface area contributed by atoms with E-state index in [1.54, 1.807) is 0 Å². The fourth-order valence-corrected chi connectivity index (χ4v) is 2.75. The normalized spacial score (nSPS) is 25.2. The monoisotopic (exact) mass is 231 g/mol. The fraction of sp³-hybridized carbons (Fsp3) is 0.600. The van der Waals surface area contributed by atoms with Crippen molar-refractivity contribution in [1.82, 2.24) is 4.98 Å². The van der Waals surface area contributed by atoms with Crippen LogP contribution in [-0.2, 0) is 11.2 Å². The zero-order valence-corrected chi connectivity index (χ0v) is 10.7.